The summed E-state index contributed by atoms with van der Waals surface area (Å²) < 4.78 is 0. The zero-order valence-corrected chi connectivity index (χ0v) is 9.88. The maximum absolute atomic E-state index is 11.2. The first kappa shape index (κ1) is 12.6. The van der Waals surface area contributed by atoms with Crippen LogP contribution in [0.25, 0.3) is 0 Å². The normalized spacial score (nSPS) is 10.1. The first-order valence-corrected chi connectivity index (χ1v) is 5.64. The molecule has 0 unspecified atom stereocenters. The number of rotatable bonds is 5. The van der Waals surface area contributed by atoms with Gasteiger partial charge in [0, 0.05) is 24.4 Å². The van der Waals surface area contributed by atoms with E-state index >= 15 is 0 Å². The van der Waals surface area contributed by atoms with E-state index in [-0.39, 0.29) is 5.91 Å². The Morgan fingerprint density at radius 1 is 1.69 bits per heavy atom. The number of carbonyl (C=O) groups excluding carboxylic acids is 1. The summed E-state index contributed by atoms with van der Waals surface area (Å²) in [6.45, 7) is 1.47. The fourth-order valence-corrected chi connectivity index (χ4v) is 2.23. The molecule has 1 rings (SSSR count). The van der Waals surface area contributed by atoms with Crippen molar-refractivity contribution < 1.29 is 4.79 Å². The molecular weight excluding hydrogens is 224 g/mol. The van der Waals surface area contributed by atoms with Gasteiger partial charge in [0.2, 0.25) is 0 Å². The molecule has 86 valence electrons. The van der Waals surface area contributed by atoms with E-state index in [2.05, 4.69) is 11.5 Å². The summed E-state index contributed by atoms with van der Waals surface area (Å²) in [5.74, 6) is 4.77. The molecule has 0 atom stereocenters. The number of nitriles is 1. The van der Waals surface area contributed by atoms with E-state index in [1.807, 2.05) is 18.0 Å². The van der Waals surface area contributed by atoms with Gasteiger partial charge in [0.15, 0.2) is 0 Å². The second kappa shape index (κ2) is 6.23. The molecule has 3 N–H and O–H groups in total. The van der Waals surface area contributed by atoms with Gasteiger partial charge in [0.25, 0.3) is 5.91 Å². The van der Waals surface area contributed by atoms with Gasteiger partial charge >= 0.3 is 0 Å². The number of nitrogens with zero attached hydrogens (tertiary/aromatic N) is 2. The second-order valence-electron chi connectivity index (χ2n) is 3.39. The van der Waals surface area contributed by atoms with Crippen molar-refractivity contribution in [3.63, 3.8) is 0 Å². The van der Waals surface area contributed by atoms with Crippen LogP contribution in [0.5, 0.6) is 0 Å². The van der Waals surface area contributed by atoms with Crippen LogP contribution in [0.1, 0.15) is 21.0 Å². The van der Waals surface area contributed by atoms with Crippen LogP contribution in [-0.2, 0) is 6.54 Å². The molecule has 0 saturated heterocycles. The lowest BCUT2D eigenvalue weighted by Crippen LogP contribution is -2.29. The lowest BCUT2D eigenvalue weighted by atomic mass is 10.3. The maximum Gasteiger partial charge on any atom is 0.275 e. The van der Waals surface area contributed by atoms with E-state index in [0.29, 0.717) is 11.3 Å². The summed E-state index contributed by atoms with van der Waals surface area (Å²) in [5, 5.41) is 8.45. The van der Waals surface area contributed by atoms with Crippen LogP contribution in [0, 0.1) is 11.3 Å². The van der Waals surface area contributed by atoms with Gasteiger partial charge in [-0.3, -0.25) is 10.2 Å². The quantitative estimate of drug-likeness (QED) is 0.449. The highest BCUT2D eigenvalue weighted by Gasteiger charge is 2.08. The van der Waals surface area contributed by atoms with Crippen LogP contribution in [0.2, 0.25) is 0 Å². The number of carbonyl (C=O) groups is 1. The number of amides is 1. The van der Waals surface area contributed by atoms with Gasteiger partial charge in [0.05, 0.1) is 10.9 Å². The molecule has 0 aliphatic carbocycles. The number of thiophene rings is 1. The Morgan fingerprint density at radius 3 is 3.06 bits per heavy atom. The Balaban J connectivity index is 2.52. The van der Waals surface area contributed by atoms with Gasteiger partial charge < -0.3 is 4.90 Å². The van der Waals surface area contributed by atoms with Crippen LogP contribution in [-0.4, -0.2) is 24.4 Å². The predicted octanol–water partition coefficient (Wildman–Crippen LogP) is 0.697. The van der Waals surface area contributed by atoms with Crippen LogP contribution >= 0.6 is 11.3 Å². The van der Waals surface area contributed by atoms with E-state index in [1.54, 1.807) is 6.07 Å². The molecule has 0 radical (unpaired) electrons. The van der Waals surface area contributed by atoms with Crippen molar-refractivity contribution in [1.29, 1.82) is 5.26 Å². The highest BCUT2D eigenvalue weighted by atomic mass is 32.1. The van der Waals surface area contributed by atoms with Crippen molar-refractivity contribution in [2.45, 2.75) is 13.0 Å². The Labute approximate surface area is 98.4 Å². The molecule has 5 nitrogen and oxygen atoms in total. The summed E-state index contributed by atoms with van der Waals surface area (Å²) >= 11 is 1.41. The van der Waals surface area contributed by atoms with E-state index < -0.39 is 0 Å². The average Bonchev–Trinajstić information content (AvgIpc) is 2.73. The molecule has 0 fully saturated rings. The smallest absolute Gasteiger partial charge is 0.275 e. The van der Waals surface area contributed by atoms with Crippen molar-refractivity contribution in [3.05, 3.63) is 21.9 Å². The van der Waals surface area contributed by atoms with Gasteiger partial charge in [-0.25, -0.2) is 5.84 Å². The number of nitrogen functional groups attached to an aromatic ring is 1. The van der Waals surface area contributed by atoms with Gasteiger partial charge in [-0.2, -0.15) is 5.26 Å². The van der Waals surface area contributed by atoms with Crippen molar-refractivity contribution in [2.75, 3.05) is 13.6 Å². The molecule has 0 aromatic carbocycles. The lowest BCUT2D eigenvalue weighted by Gasteiger charge is -2.12. The molecule has 0 saturated carbocycles. The fraction of sp³-hybridized carbons (Fsp3) is 0.400. The third-order valence-electron chi connectivity index (χ3n) is 2.05. The molecule has 0 aliphatic rings. The second-order valence-corrected chi connectivity index (χ2v) is 4.55. The van der Waals surface area contributed by atoms with Gasteiger partial charge in [-0.05, 0) is 19.2 Å². The van der Waals surface area contributed by atoms with Crippen LogP contribution in [0.4, 0.5) is 0 Å². The molecule has 1 aromatic rings. The number of nitrogens with two attached hydrogens (primary N) is 1. The van der Waals surface area contributed by atoms with Crippen molar-refractivity contribution in [2.24, 2.45) is 5.84 Å². The predicted molar refractivity (Wildman–Crippen MR) is 62.5 cm³/mol. The standard InChI is InChI=1S/C10H14N4OS/c1-14(6-2-5-11)7-8-3-4-9(16-8)10(15)13-12/h3-4H,2,6-7,12H2,1H3,(H,13,15). The first-order valence-electron chi connectivity index (χ1n) is 4.82. The summed E-state index contributed by atoms with van der Waals surface area (Å²) in [5.41, 5.74) is 2.10. The summed E-state index contributed by atoms with van der Waals surface area (Å²) in [6, 6.07) is 5.75. The van der Waals surface area contributed by atoms with Crippen molar-refractivity contribution in [1.82, 2.24) is 10.3 Å². The van der Waals surface area contributed by atoms with E-state index in [1.165, 1.54) is 11.3 Å². The third-order valence-corrected chi connectivity index (χ3v) is 3.12. The SMILES string of the molecule is CN(CCC#N)Cc1ccc(C(=O)NN)s1. The fourth-order valence-electron chi connectivity index (χ4n) is 1.24. The maximum atomic E-state index is 11.2. The highest BCUT2D eigenvalue weighted by molar-refractivity contribution is 7.14. The molecule has 1 amide bonds. The average molecular weight is 238 g/mol. The summed E-state index contributed by atoms with van der Waals surface area (Å²) in [6.07, 6.45) is 0.512. The zero-order chi connectivity index (χ0) is 12.0. The Hall–Kier alpha value is -1.42. The monoisotopic (exact) mass is 238 g/mol. The van der Waals surface area contributed by atoms with E-state index in [0.717, 1.165) is 18.0 Å². The number of hydrogen-bond acceptors (Lipinski definition) is 5. The van der Waals surface area contributed by atoms with Crippen molar-refractivity contribution >= 4 is 17.2 Å². The van der Waals surface area contributed by atoms with Crippen LogP contribution in [0.15, 0.2) is 12.1 Å². The molecule has 0 aliphatic heterocycles. The van der Waals surface area contributed by atoms with E-state index in [9.17, 15) is 4.79 Å². The summed E-state index contributed by atoms with van der Waals surface area (Å²) in [4.78, 5) is 14.9. The number of hydrogen-bond donors (Lipinski definition) is 2. The van der Waals surface area contributed by atoms with Crippen LogP contribution in [0.3, 0.4) is 0 Å². The van der Waals surface area contributed by atoms with Gasteiger partial charge in [-0.1, -0.05) is 0 Å². The molecule has 1 aromatic heterocycles. The Bertz CT molecular complexity index is 396. The largest absolute Gasteiger partial charge is 0.300 e. The Kier molecular flexibility index (Phi) is 4.92. The highest BCUT2D eigenvalue weighted by Crippen LogP contribution is 2.17. The zero-order valence-electron chi connectivity index (χ0n) is 9.06. The summed E-state index contributed by atoms with van der Waals surface area (Å²) in [7, 11) is 1.94. The third kappa shape index (κ3) is 3.62. The lowest BCUT2D eigenvalue weighted by molar-refractivity contribution is 0.0957. The van der Waals surface area contributed by atoms with Gasteiger partial charge in [-0.15, -0.1) is 11.3 Å². The first-order chi connectivity index (χ1) is 7.67. The molecule has 6 heteroatoms. The minimum Gasteiger partial charge on any atom is -0.300 e. The minimum absolute atomic E-state index is 0.268. The Morgan fingerprint density at radius 2 is 2.44 bits per heavy atom. The molecular formula is C10H14N4OS. The number of hydrazine groups is 1. The van der Waals surface area contributed by atoms with E-state index in [4.69, 9.17) is 11.1 Å². The molecule has 0 bridgehead atoms. The van der Waals surface area contributed by atoms with Gasteiger partial charge in [0.1, 0.15) is 0 Å². The molecule has 0 spiro atoms. The molecule has 16 heavy (non-hydrogen) atoms. The minimum atomic E-state index is -0.268. The molecule has 1 heterocycles. The van der Waals surface area contributed by atoms with Crippen LogP contribution < -0.4 is 11.3 Å². The number of nitrogens with one attached hydrogen (secondary N) is 1. The van der Waals surface area contributed by atoms with Crippen molar-refractivity contribution in [3.8, 4) is 6.07 Å². The topological polar surface area (TPSA) is 82.2 Å².